The Morgan fingerprint density at radius 2 is 2.05 bits per heavy atom. The zero-order valence-corrected chi connectivity index (χ0v) is 11.5. The minimum atomic E-state index is -3.20. The number of carbonyl (C=O) groups is 1. The number of hydrogen-bond donors (Lipinski definition) is 0. The van der Waals surface area contributed by atoms with Crippen LogP contribution >= 0.6 is 0 Å². The van der Waals surface area contributed by atoms with E-state index < -0.39 is 9.84 Å². The molecule has 6 heteroatoms. The van der Waals surface area contributed by atoms with E-state index in [2.05, 4.69) is 0 Å². The van der Waals surface area contributed by atoms with Gasteiger partial charge in [-0.25, -0.2) is 8.42 Å². The molecule has 1 heterocycles. The van der Waals surface area contributed by atoms with Crippen molar-refractivity contribution in [1.82, 2.24) is 0 Å². The second-order valence-corrected chi connectivity index (χ2v) is 6.57. The summed E-state index contributed by atoms with van der Waals surface area (Å²) in [5.74, 6) is 0.430. The SMILES string of the molecule is CS(=O)(=O)c1ccc(OCC(=O)C2CCOC2)cc1. The number of ether oxygens (including phenoxy) is 2. The average molecular weight is 284 g/mol. The molecular weight excluding hydrogens is 268 g/mol. The Labute approximate surface area is 112 Å². The molecule has 0 N–H and O–H groups in total. The van der Waals surface area contributed by atoms with E-state index in [1.54, 1.807) is 12.1 Å². The lowest BCUT2D eigenvalue weighted by Gasteiger charge is -2.09. The van der Waals surface area contributed by atoms with Gasteiger partial charge in [-0.3, -0.25) is 4.79 Å². The molecule has 2 rings (SSSR count). The summed E-state index contributed by atoms with van der Waals surface area (Å²) in [5.41, 5.74) is 0. The minimum absolute atomic E-state index is 0.00769. The fraction of sp³-hybridized carbons (Fsp3) is 0.462. The molecule has 1 fully saturated rings. The normalized spacial score (nSPS) is 19.3. The molecule has 19 heavy (non-hydrogen) atoms. The molecule has 104 valence electrons. The van der Waals surface area contributed by atoms with Crippen molar-refractivity contribution in [1.29, 1.82) is 0 Å². The monoisotopic (exact) mass is 284 g/mol. The zero-order valence-electron chi connectivity index (χ0n) is 10.7. The Morgan fingerprint density at radius 1 is 1.37 bits per heavy atom. The average Bonchev–Trinajstić information content (AvgIpc) is 2.89. The van der Waals surface area contributed by atoms with Crippen molar-refractivity contribution in [3.05, 3.63) is 24.3 Å². The van der Waals surface area contributed by atoms with Crippen molar-refractivity contribution in [3.63, 3.8) is 0 Å². The zero-order chi connectivity index (χ0) is 13.9. The molecule has 0 amide bonds. The Morgan fingerprint density at radius 3 is 2.58 bits per heavy atom. The highest BCUT2D eigenvalue weighted by Crippen LogP contribution is 2.17. The fourth-order valence-electron chi connectivity index (χ4n) is 1.84. The molecule has 1 aromatic carbocycles. The molecule has 5 nitrogen and oxygen atoms in total. The molecule has 1 aliphatic rings. The summed E-state index contributed by atoms with van der Waals surface area (Å²) in [6.45, 7) is 1.08. The molecule has 1 atom stereocenters. The summed E-state index contributed by atoms with van der Waals surface area (Å²) < 4.78 is 33.0. The standard InChI is InChI=1S/C13H16O5S/c1-19(15,16)12-4-2-11(3-5-12)18-9-13(14)10-6-7-17-8-10/h2-5,10H,6-9H2,1H3. The van der Waals surface area contributed by atoms with Crippen LogP contribution in [0.2, 0.25) is 0 Å². The maximum Gasteiger partial charge on any atom is 0.175 e. The number of ketones is 1. The van der Waals surface area contributed by atoms with Crippen LogP contribution in [-0.2, 0) is 19.4 Å². The second kappa shape index (κ2) is 5.71. The third kappa shape index (κ3) is 3.78. The van der Waals surface area contributed by atoms with Gasteiger partial charge in [0.1, 0.15) is 12.4 Å². The molecule has 0 bridgehead atoms. The summed E-state index contributed by atoms with van der Waals surface area (Å²) >= 11 is 0. The van der Waals surface area contributed by atoms with Crippen LogP contribution in [-0.4, -0.2) is 40.3 Å². The van der Waals surface area contributed by atoms with E-state index in [-0.39, 0.29) is 23.2 Å². The number of sulfone groups is 1. The van der Waals surface area contributed by atoms with Crippen molar-refractivity contribution in [2.24, 2.45) is 5.92 Å². The Hall–Kier alpha value is -1.40. The molecule has 1 aliphatic heterocycles. The Bertz CT molecular complexity index is 541. The summed E-state index contributed by atoms with van der Waals surface area (Å²) in [5, 5.41) is 0. The summed E-state index contributed by atoms with van der Waals surface area (Å²) in [6, 6.07) is 6.03. The van der Waals surface area contributed by atoms with Crippen LogP contribution in [0.4, 0.5) is 0 Å². The van der Waals surface area contributed by atoms with Gasteiger partial charge in [0.25, 0.3) is 0 Å². The molecule has 1 saturated heterocycles. The van der Waals surface area contributed by atoms with Gasteiger partial charge >= 0.3 is 0 Å². The van der Waals surface area contributed by atoms with Crippen molar-refractivity contribution in [2.45, 2.75) is 11.3 Å². The minimum Gasteiger partial charge on any atom is -0.486 e. The van der Waals surface area contributed by atoms with Gasteiger partial charge in [-0.05, 0) is 30.7 Å². The summed E-state index contributed by atoms with van der Waals surface area (Å²) in [4.78, 5) is 12.0. The molecule has 0 spiro atoms. The van der Waals surface area contributed by atoms with Crippen LogP contribution in [0.25, 0.3) is 0 Å². The van der Waals surface area contributed by atoms with Gasteiger partial charge in [-0.2, -0.15) is 0 Å². The lowest BCUT2D eigenvalue weighted by Crippen LogP contribution is -2.21. The van der Waals surface area contributed by atoms with Crippen molar-refractivity contribution in [2.75, 3.05) is 26.1 Å². The van der Waals surface area contributed by atoms with Crippen LogP contribution in [0.1, 0.15) is 6.42 Å². The van der Waals surface area contributed by atoms with E-state index in [1.807, 2.05) is 0 Å². The largest absolute Gasteiger partial charge is 0.486 e. The van der Waals surface area contributed by atoms with Crippen molar-refractivity contribution < 1.29 is 22.7 Å². The molecule has 0 aliphatic carbocycles. The highest BCUT2D eigenvalue weighted by atomic mass is 32.2. The summed E-state index contributed by atoms with van der Waals surface area (Å²) in [6.07, 6.45) is 1.89. The second-order valence-electron chi connectivity index (χ2n) is 4.56. The van der Waals surface area contributed by atoms with E-state index in [4.69, 9.17) is 9.47 Å². The van der Waals surface area contributed by atoms with Gasteiger partial charge in [-0.1, -0.05) is 0 Å². The molecule has 0 radical (unpaired) electrons. The maximum absolute atomic E-state index is 11.7. The lowest BCUT2D eigenvalue weighted by atomic mass is 10.0. The van der Waals surface area contributed by atoms with Gasteiger partial charge in [0, 0.05) is 18.8 Å². The first kappa shape index (κ1) is 14.0. The first-order valence-corrected chi connectivity index (χ1v) is 7.89. The third-order valence-electron chi connectivity index (χ3n) is 3.02. The third-order valence-corrected chi connectivity index (χ3v) is 4.15. The quantitative estimate of drug-likeness (QED) is 0.809. The molecule has 1 unspecified atom stereocenters. The van der Waals surface area contributed by atoms with Crippen LogP contribution in [0, 0.1) is 5.92 Å². The highest BCUT2D eigenvalue weighted by molar-refractivity contribution is 7.90. The van der Waals surface area contributed by atoms with E-state index in [9.17, 15) is 13.2 Å². The number of hydrogen-bond acceptors (Lipinski definition) is 5. The predicted octanol–water partition coefficient (Wildman–Crippen LogP) is 1.07. The smallest absolute Gasteiger partial charge is 0.175 e. The Kier molecular flexibility index (Phi) is 4.21. The molecule has 0 aromatic heterocycles. The van der Waals surface area contributed by atoms with Crippen LogP contribution in [0.5, 0.6) is 5.75 Å². The van der Waals surface area contributed by atoms with Gasteiger partial charge < -0.3 is 9.47 Å². The van der Waals surface area contributed by atoms with E-state index in [1.165, 1.54) is 12.1 Å². The van der Waals surface area contributed by atoms with Crippen LogP contribution < -0.4 is 4.74 Å². The predicted molar refractivity (Wildman–Crippen MR) is 69.0 cm³/mol. The summed E-state index contributed by atoms with van der Waals surface area (Å²) in [7, 11) is -3.20. The van der Waals surface area contributed by atoms with Crippen LogP contribution in [0.3, 0.4) is 0 Å². The van der Waals surface area contributed by atoms with E-state index >= 15 is 0 Å². The maximum atomic E-state index is 11.7. The van der Waals surface area contributed by atoms with Crippen LogP contribution in [0.15, 0.2) is 29.2 Å². The number of Topliss-reactive ketones (excluding diaryl/α,β-unsaturated/α-hetero) is 1. The van der Waals surface area contributed by atoms with Gasteiger partial charge in [0.15, 0.2) is 15.6 Å². The Balaban J connectivity index is 1.91. The lowest BCUT2D eigenvalue weighted by molar-refractivity contribution is -0.124. The fourth-order valence-corrected chi connectivity index (χ4v) is 2.47. The van der Waals surface area contributed by atoms with E-state index in [0.717, 1.165) is 12.7 Å². The van der Waals surface area contributed by atoms with Gasteiger partial charge in [0.2, 0.25) is 0 Å². The number of rotatable bonds is 5. The highest BCUT2D eigenvalue weighted by Gasteiger charge is 2.23. The van der Waals surface area contributed by atoms with E-state index in [0.29, 0.717) is 19.0 Å². The number of benzene rings is 1. The number of carbonyl (C=O) groups excluding carboxylic acids is 1. The van der Waals surface area contributed by atoms with Crippen molar-refractivity contribution in [3.8, 4) is 5.75 Å². The van der Waals surface area contributed by atoms with Gasteiger partial charge in [0.05, 0.1) is 11.5 Å². The molecule has 0 saturated carbocycles. The first-order valence-electron chi connectivity index (χ1n) is 6.00. The molecular formula is C13H16O5S. The van der Waals surface area contributed by atoms with Crippen molar-refractivity contribution >= 4 is 15.6 Å². The first-order chi connectivity index (χ1) is 8.97. The van der Waals surface area contributed by atoms with Gasteiger partial charge in [-0.15, -0.1) is 0 Å². The molecule has 1 aromatic rings. The topological polar surface area (TPSA) is 69.7 Å².